The van der Waals surface area contributed by atoms with E-state index in [-0.39, 0.29) is 0 Å². The van der Waals surface area contributed by atoms with Gasteiger partial charge >= 0.3 is 6.09 Å². The lowest BCUT2D eigenvalue weighted by Gasteiger charge is -2.20. The van der Waals surface area contributed by atoms with Gasteiger partial charge in [0.1, 0.15) is 17.1 Å². The monoisotopic (exact) mass is 314 g/mol. The third-order valence-corrected chi connectivity index (χ3v) is 3.05. The molecule has 0 aromatic carbocycles. The molecule has 0 bridgehead atoms. The second kappa shape index (κ2) is 5.42. The number of nitrogens with one attached hydrogen (secondary N) is 1. The van der Waals surface area contributed by atoms with Crippen molar-refractivity contribution < 1.29 is 13.9 Å². The smallest absolute Gasteiger partial charge is 0.413 e. The first-order chi connectivity index (χ1) is 10.8. The van der Waals surface area contributed by atoms with Gasteiger partial charge in [0.15, 0.2) is 11.4 Å². The number of fused-ring (bicyclic) bond motifs is 1. The Kier molecular flexibility index (Phi) is 3.55. The van der Waals surface area contributed by atoms with Crippen LogP contribution in [0.1, 0.15) is 26.3 Å². The number of aryl methyl sites for hydroxylation is 1. The van der Waals surface area contributed by atoms with E-state index < -0.39 is 11.7 Å². The Bertz CT molecular complexity index is 844. The van der Waals surface area contributed by atoms with Crippen LogP contribution >= 0.6 is 0 Å². The minimum absolute atomic E-state index is 0.462. The van der Waals surface area contributed by atoms with Gasteiger partial charge < -0.3 is 9.15 Å². The van der Waals surface area contributed by atoms with Crippen molar-refractivity contribution in [2.45, 2.75) is 33.3 Å². The van der Waals surface area contributed by atoms with Gasteiger partial charge in [-0.15, -0.1) is 0 Å². The highest BCUT2D eigenvalue weighted by Crippen LogP contribution is 2.24. The van der Waals surface area contributed by atoms with Gasteiger partial charge in [0.25, 0.3) is 0 Å². The highest BCUT2D eigenvalue weighted by Gasteiger charge is 2.19. The number of hydrogen-bond donors (Lipinski definition) is 1. The second-order valence-corrected chi connectivity index (χ2v) is 6.19. The first-order valence-electron chi connectivity index (χ1n) is 7.23. The predicted molar refractivity (Wildman–Crippen MR) is 85.3 cm³/mol. The third kappa shape index (κ3) is 3.18. The molecular formula is C16H18N4O3. The topological polar surface area (TPSA) is 81.7 Å². The fraction of sp³-hybridized carbons (Fsp3) is 0.312. The van der Waals surface area contributed by atoms with Gasteiger partial charge in [-0.05, 0) is 39.8 Å². The van der Waals surface area contributed by atoms with E-state index in [1.165, 1.54) is 0 Å². The van der Waals surface area contributed by atoms with Crippen LogP contribution in [-0.2, 0) is 4.74 Å². The number of ether oxygens (including phenoxy) is 1. The summed E-state index contributed by atoms with van der Waals surface area (Å²) in [4.78, 5) is 16.6. The number of carbonyl (C=O) groups excluding carboxylic acids is 1. The summed E-state index contributed by atoms with van der Waals surface area (Å²) in [5.41, 5.74) is 1.56. The molecule has 120 valence electrons. The van der Waals surface area contributed by atoms with E-state index in [1.54, 1.807) is 49.9 Å². The normalized spacial score (nSPS) is 11.7. The molecule has 3 aromatic heterocycles. The molecule has 7 nitrogen and oxygen atoms in total. The highest BCUT2D eigenvalue weighted by molar-refractivity contribution is 5.85. The summed E-state index contributed by atoms with van der Waals surface area (Å²) in [5, 5.41) is 6.96. The van der Waals surface area contributed by atoms with E-state index in [2.05, 4.69) is 15.4 Å². The molecule has 0 atom stereocenters. The average Bonchev–Trinajstić information content (AvgIpc) is 3.07. The van der Waals surface area contributed by atoms with Gasteiger partial charge in [0.05, 0.1) is 12.5 Å². The van der Waals surface area contributed by atoms with Crippen LogP contribution in [0.5, 0.6) is 0 Å². The summed E-state index contributed by atoms with van der Waals surface area (Å²) < 4.78 is 12.2. The molecular weight excluding hydrogens is 296 g/mol. The summed E-state index contributed by atoms with van der Waals surface area (Å²) >= 11 is 0. The lowest BCUT2D eigenvalue weighted by atomic mass is 10.2. The molecule has 0 saturated heterocycles. The van der Waals surface area contributed by atoms with Crippen LogP contribution in [0.3, 0.4) is 0 Å². The predicted octanol–water partition coefficient (Wildman–Crippen LogP) is 3.64. The molecule has 23 heavy (non-hydrogen) atoms. The van der Waals surface area contributed by atoms with Crippen LogP contribution in [0.25, 0.3) is 17.1 Å². The quantitative estimate of drug-likeness (QED) is 0.781. The summed E-state index contributed by atoms with van der Waals surface area (Å²) in [6.45, 7) is 7.32. The molecule has 3 rings (SSSR count). The minimum Gasteiger partial charge on any atom is -0.463 e. The maximum Gasteiger partial charge on any atom is 0.413 e. The zero-order valence-corrected chi connectivity index (χ0v) is 13.5. The van der Waals surface area contributed by atoms with Crippen LogP contribution in [0.15, 0.2) is 35.1 Å². The Morgan fingerprint density at radius 3 is 2.83 bits per heavy atom. The van der Waals surface area contributed by atoms with Crippen LogP contribution in [-0.4, -0.2) is 26.3 Å². The van der Waals surface area contributed by atoms with Gasteiger partial charge in [0.2, 0.25) is 0 Å². The molecule has 3 aromatic rings. The SMILES string of the molecule is Cc1cnn2c(NC(=O)OC(C)(C)C)cc(-c3ccco3)nc12. The molecule has 0 aliphatic heterocycles. The van der Waals surface area contributed by atoms with E-state index >= 15 is 0 Å². The molecule has 1 amide bonds. The molecule has 1 N–H and O–H groups in total. The molecule has 0 spiro atoms. The summed E-state index contributed by atoms with van der Waals surface area (Å²) in [6.07, 6.45) is 2.71. The van der Waals surface area contributed by atoms with Crippen molar-refractivity contribution in [1.82, 2.24) is 14.6 Å². The Morgan fingerprint density at radius 2 is 2.17 bits per heavy atom. The molecule has 0 aliphatic carbocycles. The van der Waals surface area contributed by atoms with Crippen LogP contribution in [0.4, 0.5) is 10.6 Å². The number of furan rings is 1. The van der Waals surface area contributed by atoms with Crippen molar-refractivity contribution in [2.24, 2.45) is 0 Å². The van der Waals surface area contributed by atoms with Gasteiger partial charge in [-0.3, -0.25) is 5.32 Å². The Balaban J connectivity index is 2.03. The van der Waals surface area contributed by atoms with Crippen molar-refractivity contribution in [3.05, 3.63) is 36.2 Å². The third-order valence-electron chi connectivity index (χ3n) is 3.05. The minimum atomic E-state index is -0.583. The standard InChI is InChI=1S/C16H18N4O3/c1-10-9-17-20-13(19-15(21)23-16(2,3)4)8-11(18-14(10)20)12-6-5-7-22-12/h5-9H,1-4H3,(H,19,21). The molecule has 0 fully saturated rings. The zero-order valence-electron chi connectivity index (χ0n) is 13.5. The van der Waals surface area contributed by atoms with Crippen molar-refractivity contribution in [1.29, 1.82) is 0 Å². The number of anilines is 1. The average molecular weight is 314 g/mol. The number of aromatic nitrogens is 3. The fourth-order valence-corrected chi connectivity index (χ4v) is 2.12. The van der Waals surface area contributed by atoms with Crippen LogP contribution in [0, 0.1) is 6.92 Å². The first kappa shape index (κ1) is 15.1. The summed E-state index contributed by atoms with van der Waals surface area (Å²) in [7, 11) is 0. The van der Waals surface area contributed by atoms with Crippen molar-refractivity contribution in [3.63, 3.8) is 0 Å². The molecule has 0 unspecified atom stereocenters. The molecule has 0 aliphatic rings. The molecule has 0 radical (unpaired) electrons. The van der Waals surface area contributed by atoms with Crippen molar-refractivity contribution >= 4 is 17.6 Å². The number of rotatable bonds is 2. The fourth-order valence-electron chi connectivity index (χ4n) is 2.12. The Morgan fingerprint density at radius 1 is 1.39 bits per heavy atom. The largest absolute Gasteiger partial charge is 0.463 e. The van der Waals surface area contributed by atoms with Crippen LogP contribution < -0.4 is 5.32 Å². The van der Waals surface area contributed by atoms with Gasteiger partial charge in [-0.25, -0.2) is 9.78 Å². The maximum absolute atomic E-state index is 12.1. The second-order valence-electron chi connectivity index (χ2n) is 6.19. The number of amides is 1. The molecule has 7 heteroatoms. The summed E-state index contributed by atoms with van der Waals surface area (Å²) in [6, 6.07) is 5.29. The van der Waals surface area contributed by atoms with Crippen LogP contribution in [0.2, 0.25) is 0 Å². The van der Waals surface area contributed by atoms with Gasteiger partial charge in [-0.1, -0.05) is 0 Å². The Hall–Kier alpha value is -2.83. The summed E-state index contributed by atoms with van der Waals surface area (Å²) in [5.74, 6) is 1.07. The molecule has 0 saturated carbocycles. The van der Waals surface area contributed by atoms with Crippen molar-refractivity contribution in [3.8, 4) is 11.5 Å². The van der Waals surface area contributed by atoms with E-state index in [0.29, 0.717) is 22.9 Å². The van der Waals surface area contributed by atoms with E-state index in [9.17, 15) is 4.79 Å². The number of nitrogens with zero attached hydrogens (tertiary/aromatic N) is 3. The van der Waals surface area contributed by atoms with Gasteiger partial charge in [0, 0.05) is 11.6 Å². The van der Waals surface area contributed by atoms with Gasteiger partial charge in [-0.2, -0.15) is 9.61 Å². The lowest BCUT2D eigenvalue weighted by molar-refractivity contribution is 0.0635. The lowest BCUT2D eigenvalue weighted by Crippen LogP contribution is -2.28. The first-order valence-corrected chi connectivity index (χ1v) is 7.23. The van der Waals surface area contributed by atoms with E-state index in [1.807, 2.05) is 13.0 Å². The maximum atomic E-state index is 12.1. The number of hydrogen-bond acceptors (Lipinski definition) is 5. The van der Waals surface area contributed by atoms with E-state index in [0.717, 1.165) is 5.56 Å². The van der Waals surface area contributed by atoms with Crippen molar-refractivity contribution in [2.75, 3.05) is 5.32 Å². The molecule has 3 heterocycles. The number of carbonyl (C=O) groups is 1. The van der Waals surface area contributed by atoms with E-state index in [4.69, 9.17) is 9.15 Å². The Labute approximate surface area is 133 Å². The zero-order chi connectivity index (χ0) is 16.6. The highest BCUT2D eigenvalue weighted by atomic mass is 16.6.